The predicted octanol–water partition coefficient (Wildman–Crippen LogP) is 0.659. The maximum absolute atomic E-state index is 10.9. The summed E-state index contributed by atoms with van der Waals surface area (Å²) in [6, 6.07) is 3.09. The van der Waals surface area contributed by atoms with Crippen molar-refractivity contribution in [3.63, 3.8) is 0 Å². The molecule has 1 aromatic heterocycles. The van der Waals surface area contributed by atoms with Gasteiger partial charge in [0.1, 0.15) is 5.82 Å². The molecule has 16 heavy (non-hydrogen) atoms. The zero-order valence-electron chi connectivity index (χ0n) is 9.05. The number of hydrogen-bond donors (Lipinski definition) is 2. The molecule has 2 N–H and O–H groups in total. The number of nitrogens with zero attached hydrogens (tertiary/aromatic N) is 2. The van der Waals surface area contributed by atoms with Gasteiger partial charge >= 0.3 is 5.97 Å². The van der Waals surface area contributed by atoms with Crippen LogP contribution in [0.1, 0.15) is 22.5 Å². The van der Waals surface area contributed by atoms with Crippen molar-refractivity contribution in [2.24, 2.45) is 0 Å². The third-order valence-corrected chi connectivity index (χ3v) is 2.67. The third kappa shape index (κ3) is 2.14. The summed E-state index contributed by atoms with van der Waals surface area (Å²) in [6.45, 7) is 3.01. The standard InChI is InChI=1S/C11H14N2O3/c1-7-4-8(11(15)16)5-10(12-7)13-3-2-9(14)6-13/h4-5,9,14H,2-3,6H2,1H3,(H,15,16). The van der Waals surface area contributed by atoms with E-state index in [2.05, 4.69) is 4.98 Å². The molecule has 0 radical (unpaired) electrons. The lowest BCUT2D eigenvalue weighted by atomic mass is 10.2. The quantitative estimate of drug-likeness (QED) is 0.769. The van der Waals surface area contributed by atoms with E-state index in [1.807, 2.05) is 4.90 Å². The van der Waals surface area contributed by atoms with Crippen LogP contribution in [0.3, 0.4) is 0 Å². The molecule has 1 unspecified atom stereocenters. The number of β-amino-alcohol motifs (C(OH)–C–C–N with tert-alkyl or cyclic N) is 1. The molecular weight excluding hydrogens is 208 g/mol. The highest BCUT2D eigenvalue weighted by molar-refractivity contribution is 5.88. The Morgan fingerprint density at radius 1 is 1.56 bits per heavy atom. The molecule has 2 heterocycles. The zero-order chi connectivity index (χ0) is 11.7. The van der Waals surface area contributed by atoms with Crippen LogP contribution in [-0.2, 0) is 0 Å². The Morgan fingerprint density at radius 3 is 2.88 bits per heavy atom. The molecule has 1 fully saturated rings. The molecule has 0 amide bonds. The van der Waals surface area contributed by atoms with Gasteiger partial charge in [-0.15, -0.1) is 0 Å². The summed E-state index contributed by atoms with van der Waals surface area (Å²) >= 11 is 0. The smallest absolute Gasteiger partial charge is 0.335 e. The van der Waals surface area contributed by atoms with Gasteiger partial charge in [-0.2, -0.15) is 0 Å². The van der Waals surface area contributed by atoms with Gasteiger partial charge in [-0.05, 0) is 25.5 Å². The highest BCUT2D eigenvalue weighted by Crippen LogP contribution is 2.20. The van der Waals surface area contributed by atoms with Crippen molar-refractivity contribution in [2.45, 2.75) is 19.4 Å². The van der Waals surface area contributed by atoms with E-state index < -0.39 is 5.97 Å². The van der Waals surface area contributed by atoms with E-state index in [1.54, 1.807) is 19.1 Å². The monoisotopic (exact) mass is 222 g/mol. The van der Waals surface area contributed by atoms with Gasteiger partial charge in [-0.1, -0.05) is 0 Å². The molecule has 5 nitrogen and oxygen atoms in total. The van der Waals surface area contributed by atoms with Crippen molar-refractivity contribution < 1.29 is 15.0 Å². The number of rotatable bonds is 2. The predicted molar refractivity (Wildman–Crippen MR) is 58.8 cm³/mol. The summed E-state index contributed by atoms with van der Waals surface area (Å²) in [5.74, 6) is -0.319. The molecule has 1 saturated heterocycles. The molecular formula is C11H14N2O3. The molecule has 1 aliphatic rings. The summed E-state index contributed by atoms with van der Waals surface area (Å²) in [7, 11) is 0. The van der Waals surface area contributed by atoms with Gasteiger partial charge in [-0.3, -0.25) is 0 Å². The molecule has 0 aromatic carbocycles. The van der Waals surface area contributed by atoms with E-state index in [1.165, 1.54) is 0 Å². The number of carbonyl (C=O) groups is 1. The van der Waals surface area contributed by atoms with Crippen LogP contribution in [0.2, 0.25) is 0 Å². The van der Waals surface area contributed by atoms with Gasteiger partial charge in [0.05, 0.1) is 11.7 Å². The number of aromatic carboxylic acids is 1. The summed E-state index contributed by atoms with van der Waals surface area (Å²) in [5.41, 5.74) is 0.917. The topological polar surface area (TPSA) is 73.7 Å². The molecule has 2 rings (SSSR count). The number of anilines is 1. The van der Waals surface area contributed by atoms with Crippen LogP contribution in [0.5, 0.6) is 0 Å². The van der Waals surface area contributed by atoms with E-state index in [0.717, 1.165) is 6.54 Å². The normalized spacial score (nSPS) is 20.1. The fourth-order valence-corrected chi connectivity index (χ4v) is 1.89. The fourth-order valence-electron chi connectivity index (χ4n) is 1.89. The molecule has 86 valence electrons. The van der Waals surface area contributed by atoms with Crippen molar-refractivity contribution in [3.8, 4) is 0 Å². The average molecular weight is 222 g/mol. The first kappa shape index (κ1) is 10.9. The van der Waals surface area contributed by atoms with E-state index >= 15 is 0 Å². The molecule has 5 heteroatoms. The Balaban J connectivity index is 2.30. The number of aliphatic hydroxyl groups excluding tert-OH is 1. The number of hydrogen-bond acceptors (Lipinski definition) is 4. The van der Waals surface area contributed by atoms with Crippen LogP contribution >= 0.6 is 0 Å². The third-order valence-electron chi connectivity index (χ3n) is 2.67. The Kier molecular flexibility index (Phi) is 2.78. The van der Waals surface area contributed by atoms with Crippen LogP contribution in [-0.4, -0.2) is 40.4 Å². The summed E-state index contributed by atoms with van der Waals surface area (Å²) in [6.07, 6.45) is 0.369. The highest BCUT2D eigenvalue weighted by Gasteiger charge is 2.22. The highest BCUT2D eigenvalue weighted by atomic mass is 16.4. The van der Waals surface area contributed by atoms with Gasteiger partial charge in [0.2, 0.25) is 0 Å². The first-order valence-corrected chi connectivity index (χ1v) is 5.21. The Morgan fingerprint density at radius 2 is 2.31 bits per heavy atom. The molecule has 0 spiro atoms. The molecule has 1 aromatic rings. The minimum Gasteiger partial charge on any atom is -0.478 e. The minimum atomic E-state index is -0.952. The lowest BCUT2D eigenvalue weighted by Gasteiger charge is -2.17. The fraction of sp³-hybridized carbons (Fsp3) is 0.455. The molecule has 1 aliphatic heterocycles. The van der Waals surface area contributed by atoms with Gasteiger partial charge < -0.3 is 15.1 Å². The molecule has 0 bridgehead atoms. The minimum absolute atomic E-state index is 0.240. The number of aliphatic hydroxyl groups is 1. The maximum Gasteiger partial charge on any atom is 0.335 e. The number of carboxylic acid groups (broad SMARTS) is 1. The second-order valence-electron chi connectivity index (χ2n) is 4.05. The second kappa shape index (κ2) is 4.09. The van der Waals surface area contributed by atoms with Crippen molar-refractivity contribution in [2.75, 3.05) is 18.0 Å². The van der Waals surface area contributed by atoms with Crippen LogP contribution < -0.4 is 4.90 Å². The average Bonchev–Trinajstić information content (AvgIpc) is 2.64. The summed E-state index contributed by atoms with van der Waals surface area (Å²) < 4.78 is 0. The Labute approximate surface area is 93.3 Å². The van der Waals surface area contributed by atoms with Gasteiger partial charge in [-0.25, -0.2) is 9.78 Å². The van der Waals surface area contributed by atoms with Gasteiger partial charge in [0.15, 0.2) is 0 Å². The Hall–Kier alpha value is -1.62. The molecule has 1 atom stereocenters. The van der Waals surface area contributed by atoms with Crippen molar-refractivity contribution in [1.29, 1.82) is 0 Å². The summed E-state index contributed by atoms with van der Waals surface area (Å²) in [5, 5.41) is 18.4. The molecule has 0 aliphatic carbocycles. The van der Waals surface area contributed by atoms with Crippen molar-refractivity contribution >= 4 is 11.8 Å². The largest absolute Gasteiger partial charge is 0.478 e. The van der Waals surface area contributed by atoms with Crippen LogP contribution in [0.4, 0.5) is 5.82 Å². The first-order chi connectivity index (χ1) is 7.56. The van der Waals surface area contributed by atoms with E-state index in [9.17, 15) is 9.90 Å². The van der Waals surface area contributed by atoms with Crippen molar-refractivity contribution in [3.05, 3.63) is 23.4 Å². The number of aromatic nitrogens is 1. The Bertz CT molecular complexity index is 420. The van der Waals surface area contributed by atoms with Crippen LogP contribution in [0, 0.1) is 6.92 Å². The van der Waals surface area contributed by atoms with E-state index in [4.69, 9.17) is 5.11 Å². The number of carboxylic acids is 1. The lowest BCUT2D eigenvalue weighted by Crippen LogP contribution is -2.22. The van der Waals surface area contributed by atoms with Gasteiger partial charge in [0, 0.05) is 18.8 Å². The van der Waals surface area contributed by atoms with Crippen LogP contribution in [0.25, 0.3) is 0 Å². The van der Waals surface area contributed by atoms with E-state index in [-0.39, 0.29) is 11.7 Å². The zero-order valence-corrected chi connectivity index (χ0v) is 9.05. The van der Waals surface area contributed by atoms with Crippen molar-refractivity contribution in [1.82, 2.24) is 4.98 Å². The first-order valence-electron chi connectivity index (χ1n) is 5.21. The molecule has 0 saturated carbocycles. The van der Waals surface area contributed by atoms with Gasteiger partial charge in [0.25, 0.3) is 0 Å². The summed E-state index contributed by atoms with van der Waals surface area (Å²) in [4.78, 5) is 17.1. The number of pyridine rings is 1. The maximum atomic E-state index is 10.9. The SMILES string of the molecule is Cc1cc(C(=O)O)cc(N2CCC(O)C2)n1. The number of aryl methyl sites for hydroxylation is 1. The van der Waals surface area contributed by atoms with E-state index in [0.29, 0.717) is 24.5 Å². The van der Waals surface area contributed by atoms with Crippen LogP contribution in [0.15, 0.2) is 12.1 Å². The lowest BCUT2D eigenvalue weighted by molar-refractivity contribution is 0.0696. The second-order valence-corrected chi connectivity index (χ2v) is 4.05.